The van der Waals surface area contributed by atoms with Gasteiger partial charge in [-0.3, -0.25) is 9.59 Å². The number of amides is 1. The first-order chi connectivity index (χ1) is 12.1. The highest BCUT2D eigenvalue weighted by atomic mass is 16.5. The predicted molar refractivity (Wildman–Crippen MR) is 91.8 cm³/mol. The zero-order valence-electron chi connectivity index (χ0n) is 14.1. The number of aliphatic carboxylic acids is 1. The summed E-state index contributed by atoms with van der Waals surface area (Å²) in [7, 11) is 0. The molecule has 3 rings (SSSR count). The molecule has 1 atom stereocenters. The van der Waals surface area contributed by atoms with E-state index in [1.165, 1.54) is 0 Å². The Morgan fingerprint density at radius 1 is 1.28 bits per heavy atom. The van der Waals surface area contributed by atoms with Crippen molar-refractivity contribution in [2.45, 2.75) is 32.1 Å². The average Bonchev–Trinajstić information content (AvgIpc) is 3.09. The van der Waals surface area contributed by atoms with Gasteiger partial charge in [-0.05, 0) is 25.2 Å². The van der Waals surface area contributed by atoms with Crippen LogP contribution in [0.4, 0.5) is 0 Å². The van der Waals surface area contributed by atoms with Crippen LogP contribution >= 0.6 is 0 Å². The zero-order chi connectivity index (χ0) is 17.6. The molecular formula is C19H22N2O4. The number of piperidine rings is 1. The average molecular weight is 342 g/mol. The van der Waals surface area contributed by atoms with Crippen molar-refractivity contribution < 1.29 is 19.2 Å². The van der Waals surface area contributed by atoms with Crippen LogP contribution in [0.5, 0.6) is 0 Å². The summed E-state index contributed by atoms with van der Waals surface area (Å²) in [6.45, 7) is 1.36. The van der Waals surface area contributed by atoms with E-state index >= 15 is 0 Å². The molecule has 25 heavy (non-hydrogen) atoms. The summed E-state index contributed by atoms with van der Waals surface area (Å²) in [5.74, 6) is 0.166. The van der Waals surface area contributed by atoms with Crippen LogP contribution in [0.3, 0.4) is 0 Å². The Balaban J connectivity index is 1.57. The summed E-state index contributed by atoms with van der Waals surface area (Å²) >= 11 is 0. The number of hydrogen-bond donors (Lipinski definition) is 1. The number of carboxylic acids is 1. The van der Waals surface area contributed by atoms with Crippen molar-refractivity contribution in [1.82, 2.24) is 10.1 Å². The van der Waals surface area contributed by atoms with Crippen LogP contribution < -0.4 is 0 Å². The van der Waals surface area contributed by atoms with Gasteiger partial charge in [-0.25, -0.2) is 0 Å². The molecule has 2 aromatic rings. The minimum atomic E-state index is -0.778. The SMILES string of the molecule is O=C(O)CC[C@H]1CCCN(C(=O)Cc2cc(-c3ccccc3)on2)C1. The largest absolute Gasteiger partial charge is 0.481 e. The van der Waals surface area contributed by atoms with Gasteiger partial charge in [-0.15, -0.1) is 0 Å². The van der Waals surface area contributed by atoms with Gasteiger partial charge in [0, 0.05) is 31.1 Å². The fraction of sp³-hybridized carbons (Fsp3) is 0.421. The second-order valence-electron chi connectivity index (χ2n) is 6.51. The molecule has 1 aliphatic heterocycles. The fourth-order valence-corrected chi connectivity index (χ4v) is 3.26. The number of aromatic nitrogens is 1. The molecule has 0 saturated carbocycles. The number of carbonyl (C=O) groups excluding carboxylic acids is 1. The van der Waals surface area contributed by atoms with Crippen molar-refractivity contribution in [2.75, 3.05) is 13.1 Å². The van der Waals surface area contributed by atoms with Gasteiger partial charge < -0.3 is 14.5 Å². The van der Waals surface area contributed by atoms with Crippen LogP contribution in [0, 0.1) is 5.92 Å². The lowest BCUT2D eigenvalue weighted by atomic mass is 9.93. The second kappa shape index (κ2) is 7.96. The molecule has 1 N–H and O–H groups in total. The first-order valence-electron chi connectivity index (χ1n) is 8.62. The Kier molecular flexibility index (Phi) is 5.48. The maximum atomic E-state index is 12.5. The third kappa shape index (κ3) is 4.68. The summed E-state index contributed by atoms with van der Waals surface area (Å²) in [4.78, 5) is 25.1. The summed E-state index contributed by atoms with van der Waals surface area (Å²) < 4.78 is 5.34. The smallest absolute Gasteiger partial charge is 0.303 e. The van der Waals surface area contributed by atoms with Crippen LogP contribution in [-0.4, -0.2) is 40.1 Å². The van der Waals surface area contributed by atoms with Crippen molar-refractivity contribution in [2.24, 2.45) is 5.92 Å². The minimum absolute atomic E-state index is 0.0212. The van der Waals surface area contributed by atoms with E-state index in [0.717, 1.165) is 24.9 Å². The predicted octanol–water partition coefficient (Wildman–Crippen LogP) is 2.99. The zero-order valence-corrected chi connectivity index (χ0v) is 14.1. The van der Waals surface area contributed by atoms with E-state index in [-0.39, 0.29) is 24.7 Å². The van der Waals surface area contributed by atoms with E-state index in [9.17, 15) is 9.59 Å². The van der Waals surface area contributed by atoms with E-state index in [1.807, 2.05) is 35.2 Å². The number of carboxylic acid groups (broad SMARTS) is 1. The van der Waals surface area contributed by atoms with Crippen LogP contribution in [-0.2, 0) is 16.0 Å². The number of carbonyl (C=O) groups is 2. The molecule has 6 heteroatoms. The third-order valence-electron chi connectivity index (χ3n) is 4.59. The van der Waals surface area contributed by atoms with E-state index in [0.29, 0.717) is 24.4 Å². The van der Waals surface area contributed by atoms with Gasteiger partial charge in [0.2, 0.25) is 5.91 Å². The molecule has 2 heterocycles. The lowest BCUT2D eigenvalue weighted by molar-refractivity contribution is -0.137. The van der Waals surface area contributed by atoms with Crippen molar-refractivity contribution >= 4 is 11.9 Å². The normalized spacial score (nSPS) is 17.4. The number of nitrogens with zero attached hydrogens (tertiary/aromatic N) is 2. The van der Waals surface area contributed by atoms with Gasteiger partial charge in [0.25, 0.3) is 0 Å². The third-order valence-corrected chi connectivity index (χ3v) is 4.59. The van der Waals surface area contributed by atoms with Crippen molar-refractivity contribution in [3.05, 3.63) is 42.1 Å². The van der Waals surface area contributed by atoms with Crippen LogP contribution in [0.1, 0.15) is 31.4 Å². The Morgan fingerprint density at radius 2 is 2.08 bits per heavy atom. The molecule has 0 unspecified atom stereocenters. The van der Waals surface area contributed by atoms with E-state index in [2.05, 4.69) is 5.16 Å². The molecule has 132 valence electrons. The van der Waals surface area contributed by atoms with Gasteiger partial charge in [0.15, 0.2) is 5.76 Å². The lowest BCUT2D eigenvalue weighted by Gasteiger charge is -2.32. The fourth-order valence-electron chi connectivity index (χ4n) is 3.26. The first kappa shape index (κ1) is 17.2. The van der Waals surface area contributed by atoms with Crippen molar-refractivity contribution in [3.63, 3.8) is 0 Å². The molecule has 1 aromatic heterocycles. The molecule has 0 radical (unpaired) electrons. The quantitative estimate of drug-likeness (QED) is 0.872. The van der Waals surface area contributed by atoms with Crippen LogP contribution in [0.25, 0.3) is 11.3 Å². The highest BCUT2D eigenvalue weighted by molar-refractivity contribution is 5.78. The Bertz CT molecular complexity index is 726. The summed E-state index contributed by atoms with van der Waals surface area (Å²) in [6.07, 6.45) is 2.91. The van der Waals surface area contributed by atoms with Gasteiger partial charge in [0.05, 0.1) is 12.1 Å². The van der Waals surface area contributed by atoms with E-state index < -0.39 is 5.97 Å². The number of likely N-dealkylation sites (tertiary alicyclic amines) is 1. The van der Waals surface area contributed by atoms with Gasteiger partial charge >= 0.3 is 5.97 Å². The lowest BCUT2D eigenvalue weighted by Crippen LogP contribution is -2.40. The maximum absolute atomic E-state index is 12.5. The Labute approximate surface area is 146 Å². The summed E-state index contributed by atoms with van der Waals surface area (Å²) in [5.41, 5.74) is 1.55. The Hall–Kier alpha value is -2.63. The number of rotatable bonds is 6. The summed E-state index contributed by atoms with van der Waals surface area (Å²) in [5, 5.41) is 12.8. The molecule has 1 amide bonds. The van der Waals surface area contributed by atoms with Crippen molar-refractivity contribution in [3.8, 4) is 11.3 Å². The standard InChI is InChI=1S/C19H22N2O4/c22-18(21-10-4-5-14(13-21)8-9-19(23)24)12-16-11-17(25-20-16)15-6-2-1-3-7-15/h1-3,6-7,11,14H,4-5,8-10,12-13H2,(H,23,24)/t14-/m1/s1. The van der Waals surface area contributed by atoms with Gasteiger partial charge in [0.1, 0.15) is 0 Å². The molecule has 1 aliphatic rings. The van der Waals surface area contributed by atoms with Crippen LogP contribution in [0.15, 0.2) is 40.9 Å². The molecule has 0 bridgehead atoms. The van der Waals surface area contributed by atoms with Gasteiger partial charge in [-0.1, -0.05) is 35.5 Å². The molecule has 1 fully saturated rings. The van der Waals surface area contributed by atoms with E-state index in [1.54, 1.807) is 6.07 Å². The highest BCUT2D eigenvalue weighted by Crippen LogP contribution is 2.23. The topological polar surface area (TPSA) is 83.6 Å². The van der Waals surface area contributed by atoms with E-state index in [4.69, 9.17) is 9.63 Å². The second-order valence-corrected chi connectivity index (χ2v) is 6.51. The highest BCUT2D eigenvalue weighted by Gasteiger charge is 2.24. The molecular weight excluding hydrogens is 320 g/mol. The Morgan fingerprint density at radius 3 is 2.84 bits per heavy atom. The maximum Gasteiger partial charge on any atom is 0.303 e. The first-order valence-corrected chi connectivity index (χ1v) is 8.62. The number of benzene rings is 1. The van der Waals surface area contributed by atoms with Crippen molar-refractivity contribution in [1.29, 1.82) is 0 Å². The summed E-state index contributed by atoms with van der Waals surface area (Å²) in [6, 6.07) is 11.5. The van der Waals surface area contributed by atoms with Gasteiger partial charge in [-0.2, -0.15) is 0 Å². The minimum Gasteiger partial charge on any atom is -0.481 e. The molecule has 1 aromatic carbocycles. The number of hydrogen-bond acceptors (Lipinski definition) is 4. The molecule has 6 nitrogen and oxygen atoms in total. The molecule has 1 saturated heterocycles. The molecule has 0 aliphatic carbocycles. The van der Waals surface area contributed by atoms with Crippen LogP contribution in [0.2, 0.25) is 0 Å². The monoisotopic (exact) mass is 342 g/mol. The molecule has 0 spiro atoms.